The molecule has 4 nitrogen and oxygen atoms in total. The Kier molecular flexibility index (Phi) is 3.37. The molecule has 1 aromatic carbocycles. The highest BCUT2D eigenvalue weighted by Crippen LogP contribution is 2.37. The molecule has 2 aromatic rings. The van der Waals surface area contributed by atoms with Crippen molar-refractivity contribution in [1.29, 1.82) is 0 Å². The Balaban J connectivity index is 2.10. The minimum atomic E-state index is 0.0487. The van der Waals surface area contributed by atoms with E-state index >= 15 is 0 Å². The Bertz CT molecular complexity index is 638. The number of aromatic nitrogens is 1. The maximum absolute atomic E-state index is 11.6. The van der Waals surface area contributed by atoms with Gasteiger partial charge in [-0.2, -0.15) is 0 Å². The second kappa shape index (κ2) is 5.33. The summed E-state index contributed by atoms with van der Waals surface area (Å²) < 4.78 is 5.68. The van der Waals surface area contributed by atoms with Gasteiger partial charge in [0.1, 0.15) is 5.75 Å². The van der Waals surface area contributed by atoms with Crippen LogP contribution in [0, 0.1) is 0 Å². The number of carbonyl (C=O) groups is 1. The fourth-order valence-electron chi connectivity index (χ4n) is 2.43. The molecule has 0 saturated carbocycles. The van der Waals surface area contributed by atoms with Crippen LogP contribution in [0.4, 0.5) is 5.69 Å². The quantitative estimate of drug-likeness (QED) is 0.930. The highest BCUT2D eigenvalue weighted by atomic mass is 16.5. The number of carbonyl (C=O) groups excluding carboxylic acids is 1. The van der Waals surface area contributed by atoms with Crippen molar-refractivity contribution in [2.45, 2.75) is 19.8 Å². The predicted molar refractivity (Wildman–Crippen MR) is 77.8 cm³/mol. The number of anilines is 1. The van der Waals surface area contributed by atoms with Gasteiger partial charge in [0.05, 0.1) is 12.3 Å². The first-order valence-corrected chi connectivity index (χ1v) is 6.78. The molecule has 0 bridgehead atoms. The van der Waals surface area contributed by atoms with Gasteiger partial charge in [0, 0.05) is 24.4 Å². The number of fused-ring (bicyclic) bond motifs is 1. The number of nitrogens with one attached hydrogen (secondary N) is 1. The number of aryl methyl sites for hydroxylation is 1. The van der Waals surface area contributed by atoms with Gasteiger partial charge in [-0.05, 0) is 42.7 Å². The molecule has 0 spiro atoms. The molecule has 1 N–H and O–H groups in total. The van der Waals surface area contributed by atoms with Crippen LogP contribution in [-0.4, -0.2) is 17.5 Å². The van der Waals surface area contributed by atoms with E-state index in [1.807, 2.05) is 31.3 Å². The van der Waals surface area contributed by atoms with Crippen molar-refractivity contribution in [1.82, 2.24) is 4.98 Å². The lowest BCUT2D eigenvalue weighted by molar-refractivity contribution is -0.116. The van der Waals surface area contributed by atoms with Gasteiger partial charge in [-0.3, -0.25) is 9.78 Å². The molecule has 4 heteroatoms. The molecule has 0 radical (unpaired) electrons. The number of nitrogens with zero attached hydrogens (tertiary/aromatic N) is 1. The normalized spacial score (nSPS) is 13.6. The minimum Gasteiger partial charge on any atom is -0.492 e. The second-order valence-electron chi connectivity index (χ2n) is 4.73. The van der Waals surface area contributed by atoms with E-state index in [4.69, 9.17) is 4.74 Å². The summed E-state index contributed by atoms with van der Waals surface area (Å²) in [4.78, 5) is 15.7. The van der Waals surface area contributed by atoms with Gasteiger partial charge in [0.2, 0.25) is 5.91 Å². The Labute approximate surface area is 117 Å². The lowest BCUT2D eigenvalue weighted by atomic mass is 9.97. The summed E-state index contributed by atoms with van der Waals surface area (Å²) in [6, 6.07) is 8.00. The second-order valence-corrected chi connectivity index (χ2v) is 4.73. The summed E-state index contributed by atoms with van der Waals surface area (Å²) in [7, 11) is 0. The first kappa shape index (κ1) is 12.7. The van der Waals surface area contributed by atoms with Crippen molar-refractivity contribution in [3.05, 3.63) is 42.2 Å². The number of hydrogen-bond acceptors (Lipinski definition) is 3. The largest absolute Gasteiger partial charge is 0.492 e. The van der Waals surface area contributed by atoms with Crippen LogP contribution in [0.25, 0.3) is 11.1 Å². The molecule has 1 aliphatic rings. The maximum Gasteiger partial charge on any atom is 0.224 e. The van der Waals surface area contributed by atoms with Crippen molar-refractivity contribution in [3.8, 4) is 16.9 Å². The lowest BCUT2D eigenvalue weighted by Crippen LogP contribution is -2.20. The van der Waals surface area contributed by atoms with Crippen LogP contribution in [0.5, 0.6) is 5.75 Å². The Hall–Kier alpha value is -2.36. The number of benzene rings is 1. The molecule has 0 fully saturated rings. The van der Waals surface area contributed by atoms with Crippen molar-refractivity contribution in [2.75, 3.05) is 11.9 Å². The monoisotopic (exact) mass is 268 g/mol. The zero-order valence-corrected chi connectivity index (χ0v) is 11.3. The fraction of sp³-hybridized carbons (Fsp3) is 0.250. The molecule has 0 atom stereocenters. The van der Waals surface area contributed by atoms with Crippen LogP contribution in [0.2, 0.25) is 0 Å². The highest BCUT2D eigenvalue weighted by molar-refractivity contribution is 5.96. The summed E-state index contributed by atoms with van der Waals surface area (Å²) in [6.07, 6.45) is 4.86. The fourth-order valence-corrected chi connectivity index (χ4v) is 2.43. The third-order valence-corrected chi connectivity index (χ3v) is 3.36. The summed E-state index contributed by atoms with van der Waals surface area (Å²) >= 11 is 0. The molecule has 20 heavy (non-hydrogen) atoms. The predicted octanol–water partition coefficient (Wildman–Crippen LogP) is 3.03. The third kappa shape index (κ3) is 2.37. The van der Waals surface area contributed by atoms with Crippen LogP contribution >= 0.6 is 0 Å². The van der Waals surface area contributed by atoms with Gasteiger partial charge in [-0.25, -0.2) is 0 Å². The molecule has 102 valence electrons. The average molecular weight is 268 g/mol. The van der Waals surface area contributed by atoms with Gasteiger partial charge < -0.3 is 10.1 Å². The molecule has 2 heterocycles. The molecule has 0 unspecified atom stereocenters. The number of pyridine rings is 1. The molecule has 3 rings (SSSR count). The molecule has 1 aromatic heterocycles. The summed E-state index contributed by atoms with van der Waals surface area (Å²) in [5, 5.41) is 2.91. The summed E-state index contributed by atoms with van der Waals surface area (Å²) in [6.45, 7) is 2.51. The Morgan fingerprint density at radius 1 is 1.30 bits per heavy atom. The van der Waals surface area contributed by atoms with Gasteiger partial charge in [0.25, 0.3) is 0 Å². The van der Waals surface area contributed by atoms with Gasteiger partial charge in [-0.1, -0.05) is 6.07 Å². The zero-order chi connectivity index (χ0) is 13.9. The summed E-state index contributed by atoms with van der Waals surface area (Å²) in [5.41, 5.74) is 4.05. The topological polar surface area (TPSA) is 51.2 Å². The van der Waals surface area contributed by atoms with Crippen LogP contribution in [0.1, 0.15) is 18.9 Å². The minimum absolute atomic E-state index is 0.0487. The van der Waals surface area contributed by atoms with E-state index in [0.29, 0.717) is 13.0 Å². The van der Waals surface area contributed by atoms with E-state index in [1.54, 1.807) is 6.20 Å². The average Bonchev–Trinajstić information content (AvgIpc) is 2.49. The van der Waals surface area contributed by atoms with E-state index in [-0.39, 0.29) is 5.91 Å². The number of ether oxygens (including phenoxy) is 1. The third-order valence-electron chi connectivity index (χ3n) is 3.36. The summed E-state index contributed by atoms with van der Waals surface area (Å²) in [5.74, 6) is 0.782. The highest BCUT2D eigenvalue weighted by Gasteiger charge is 2.20. The van der Waals surface area contributed by atoms with Crippen molar-refractivity contribution >= 4 is 11.6 Å². The number of amides is 1. The van der Waals surface area contributed by atoms with E-state index in [2.05, 4.69) is 16.4 Å². The first-order valence-electron chi connectivity index (χ1n) is 6.78. The van der Waals surface area contributed by atoms with Crippen LogP contribution in [0.15, 0.2) is 36.7 Å². The molecule has 0 aliphatic carbocycles. The van der Waals surface area contributed by atoms with Crippen molar-refractivity contribution in [3.63, 3.8) is 0 Å². The smallest absolute Gasteiger partial charge is 0.224 e. The molecule has 1 amide bonds. The van der Waals surface area contributed by atoms with Gasteiger partial charge in [0.15, 0.2) is 0 Å². The van der Waals surface area contributed by atoms with E-state index in [1.165, 1.54) is 0 Å². The van der Waals surface area contributed by atoms with Crippen molar-refractivity contribution < 1.29 is 9.53 Å². The van der Waals surface area contributed by atoms with E-state index in [0.717, 1.165) is 34.5 Å². The zero-order valence-electron chi connectivity index (χ0n) is 11.3. The Morgan fingerprint density at radius 2 is 2.20 bits per heavy atom. The van der Waals surface area contributed by atoms with Crippen LogP contribution in [0.3, 0.4) is 0 Å². The molecule has 1 aliphatic heterocycles. The number of hydrogen-bond donors (Lipinski definition) is 1. The number of rotatable bonds is 3. The lowest BCUT2D eigenvalue weighted by Gasteiger charge is -2.21. The molecular weight excluding hydrogens is 252 g/mol. The maximum atomic E-state index is 11.6. The van der Waals surface area contributed by atoms with Crippen LogP contribution in [-0.2, 0) is 11.2 Å². The SMILES string of the molecule is CCOc1cc(-c2cccnc2)cc2c1NC(=O)CC2. The van der Waals surface area contributed by atoms with Gasteiger partial charge >= 0.3 is 0 Å². The van der Waals surface area contributed by atoms with E-state index in [9.17, 15) is 4.79 Å². The standard InChI is InChI=1S/C16H16N2O2/c1-2-20-14-9-13(12-4-3-7-17-10-12)8-11-5-6-15(19)18-16(11)14/h3-4,7-10H,2,5-6H2,1H3,(H,18,19). The molecule has 0 saturated heterocycles. The Morgan fingerprint density at radius 3 is 2.95 bits per heavy atom. The van der Waals surface area contributed by atoms with Crippen LogP contribution < -0.4 is 10.1 Å². The van der Waals surface area contributed by atoms with Gasteiger partial charge in [-0.15, -0.1) is 0 Å². The first-order chi connectivity index (χ1) is 9.78. The van der Waals surface area contributed by atoms with E-state index < -0.39 is 0 Å². The van der Waals surface area contributed by atoms with Crippen molar-refractivity contribution in [2.24, 2.45) is 0 Å². The molecular formula is C16H16N2O2.